The molecule has 1 aromatic carbocycles. The zero-order chi connectivity index (χ0) is 18.2. The number of alkyl halides is 3. The van der Waals surface area contributed by atoms with Gasteiger partial charge in [-0.15, -0.1) is 0 Å². The van der Waals surface area contributed by atoms with Gasteiger partial charge in [0.25, 0.3) is 5.91 Å². The molecule has 2 N–H and O–H groups in total. The molecular weight excluding hydrogens is 339 g/mol. The van der Waals surface area contributed by atoms with Crippen molar-refractivity contribution >= 4 is 11.9 Å². The van der Waals surface area contributed by atoms with E-state index in [2.05, 4.69) is 5.10 Å². The van der Waals surface area contributed by atoms with E-state index in [0.29, 0.717) is 6.07 Å². The van der Waals surface area contributed by atoms with Gasteiger partial charge in [-0.1, -0.05) is 30.3 Å². The van der Waals surface area contributed by atoms with Crippen LogP contribution in [0.2, 0.25) is 0 Å². The number of rotatable bonds is 3. The summed E-state index contributed by atoms with van der Waals surface area (Å²) in [7, 11) is 0. The van der Waals surface area contributed by atoms with Gasteiger partial charge in [-0.3, -0.25) is 14.7 Å². The number of carbonyl (C=O) groups excluding carboxylic acids is 1. The molecule has 0 aliphatic carbocycles. The predicted octanol–water partition coefficient (Wildman–Crippen LogP) is 2.37. The van der Waals surface area contributed by atoms with Crippen LogP contribution < -0.4 is 0 Å². The second-order valence-electron chi connectivity index (χ2n) is 5.84. The minimum atomic E-state index is -4.63. The molecule has 0 spiro atoms. The van der Waals surface area contributed by atoms with Crippen molar-refractivity contribution in [2.24, 2.45) is 5.92 Å². The molecule has 0 unspecified atom stereocenters. The molecule has 0 saturated carbocycles. The molecule has 2 heterocycles. The number of aromatic amines is 1. The third-order valence-electron chi connectivity index (χ3n) is 4.25. The number of halogens is 3. The normalized spacial score (nSPS) is 20.7. The number of carboxylic acids is 1. The highest BCUT2D eigenvalue weighted by molar-refractivity contribution is 5.93. The summed E-state index contributed by atoms with van der Waals surface area (Å²) in [6.07, 6.45) is -4.63. The maximum atomic E-state index is 12.6. The van der Waals surface area contributed by atoms with E-state index in [4.69, 9.17) is 0 Å². The molecule has 0 radical (unpaired) electrons. The fraction of sp³-hybridized carbons (Fsp3) is 0.312. The fourth-order valence-electron chi connectivity index (χ4n) is 3.00. The summed E-state index contributed by atoms with van der Waals surface area (Å²) in [5.74, 6) is -3.03. The summed E-state index contributed by atoms with van der Waals surface area (Å²) in [6.45, 7) is 0.0238. The van der Waals surface area contributed by atoms with Gasteiger partial charge < -0.3 is 10.0 Å². The lowest BCUT2D eigenvalue weighted by Gasteiger charge is -2.15. The summed E-state index contributed by atoms with van der Waals surface area (Å²) in [5.41, 5.74) is -0.738. The van der Waals surface area contributed by atoms with Crippen LogP contribution in [0.4, 0.5) is 13.2 Å². The first-order chi connectivity index (χ1) is 11.8. The standard InChI is InChI=1S/C16H14F3N3O3/c17-16(18,19)13-6-12(20-21-13)14(23)22-7-10(11(8-22)15(24)25)9-4-2-1-3-5-9/h1-6,10-11H,7-8H2,(H,20,21)(H,24,25)/t10-,11+/m0/s1. The minimum absolute atomic E-state index is 0.0814. The van der Waals surface area contributed by atoms with E-state index in [0.717, 1.165) is 5.56 Å². The van der Waals surface area contributed by atoms with Crippen molar-refractivity contribution in [3.05, 3.63) is 53.3 Å². The largest absolute Gasteiger partial charge is 0.481 e. The van der Waals surface area contributed by atoms with Crippen LogP contribution in [0.15, 0.2) is 36.4 Å². The second-order valence-corrected chi connectivity index (χ2v) is 5.84. The predicted molar refractivity (Wildman–Crippen MR) is 79.8 cm³/mol. The molecule has 0 bridgehead atoms. The van der Waals surface area contributed by atoms with Crippen molar-refractivity contribution in [2.45, 2.75) is 12.1 Å². The molecule has 1 saturated heterocycles. The number of benzene rings is 1. The molecule has 132 valence electrons. The third-order valence-corrected chi connectivity index (χ3v) is 4.25. The van der Waals surface area contributed by atoms with Gasteiger partial charge in [0.15, 0.2) is 5.69 Å². The number of H-pyrrole nitrogens is 1. The smallest absolute Gasteiger partial charge is 0.432 e. The SMILES string of the molecule is O=C(O)[C@@H]1CN(C(=O)c2cc(C(F)(F)F)[nH]n2)C[C@H]1c1ccccc1. The van der Waals surface area contributed by atoms with Gasteiger partial charge in [0, 0.05) is 25.1 Å². The van der Waals surface area contributed by atoms with Crippen molar-refractivity contribution < 1.29 is 27.9 Å². The molecule has 1 amide bonds. The zero-order valence-electron chi connectivity index (χ0n) is 12.8. The first-order valence-corrected chi connectivity index (χ1v) is 7.47. The number of aliphatic carboxylic acids is 1. The van der Waals surface area contributed by atoms with E-state index in [1.807, 2.05) is 0 Å². The highest BCUT2D eigenvalue weighted by Crippen LogP contribution is 2.34. The Bertz CT molecular complexity index is 789. The molecule has 25 heavy (non-hydrogen) atoms. The average Bonchev–Trinajstić information content (AvgIpc) is 3.22. The van der Waals surface area contributed by atoms with Crippen LogP contribution in [0.25, 0.3) is 0 Å². The van der Waals surface area contributed by atoms with E-state index in [1.165, 1.54) is 4.90 Å². The van der Waals surface area contributed by atoms with Crippen LogP contribution in [0.3, 0.4) is 0 Å². The van der Waals surface area contributed by atoms with Gasteiger partial charge >= 0.3 is 12.1 Å². The average molecular weight is 353 g/mol. The number of hydrogen-bond acceptors (Lipinski definition) is 3. The first-order valence-electron chi connectivity index (χ1n) is 7.47. The van der Waals surface area contributed by atoms with E-state index < -0.39 is 35.6 Å². The highest BCUT2D eigenvalue weighted by atomic mass is 19.4. The number of nitrogens with zero attached hydrogens (tertiary/aromatic N) is 2. The Morgan fingerprint density at radius 1 is 1.20 bits per heavy atom. The molecule has 2 aromatic rings. The van der Waals surface area contributed by atoms with Gasteiger partial charge in [0.1, 0.15) is 5.69 Å². The monoisotopic (exact) mass is 353 g/mol. The van der Waals surface area contributed by atoms with Crippen LogP contribution in [-0.4, -0.2) is 45.2 Å². The first kappa shape index (κ1) is 17.0. The number of likely N-dealkylation sites (tertiary alicyclic amines) is 1. The molecule has 1 aromatic heterocycles. The molecule has 1 aliphatic heterocycles. The van der Waals surface area contributed by atoms with E-state index >= 15 is 0 Å². The number of carbonyl (C=O) groups is 2. The van der Waals surface area contributed by atoms with Gasteiger partial charge in [-0.05, 0) is 5.56 Å². The molecule has 9 heteroatoms. The van der Waals surface area contributed by atoms with Gasteiger partial charge in [0.2, 0.25) is 0 Å². The van der Waals surface area contributed by atoms with Crippen LogP contribution >= 0.6 is 0 Å². The van der Waals surface area contributed by atoms with Gasteiger partial charge in [-0.2, -0.15) is 18.3 Å². The maximum absolute atomic E-state index is 12.6. The minimum Gasteiger partial charge on any atom is -0.481 e. The number of amides is 1. The van der Waals surface area contributed by atoms with Crippen molar-refractivity contribution in [3.63, 3.8) is 0 Å². The number of hydrogen-bond donors (Lipinski definition) is 2. The second kappa shape index (κ2) is 6.23. The van der Waals surface area contributed by atoms with Crippen LogP contribution in [0.1, 0.15) is 27.7 Å². The molecule has 2 atom stereocenters. The zero-order valence-corrected chi connectivity index (χ0v) is 12.8. The van der Waals surface area contributed by atoms with Crippen molar-refractivity contribution in [2.75, 3.05) is 13.1 Å². The quantitative estimate of drug-likeness (QED) is 0.887. The topological polar surface area (TPSA) is 86.3 Å². The lowest BCUT2D eigenvalue weighted by molar-refractivity contribution is -0.142. The summed E-state index contributed by atoms with van der Waals surface area (Å²) in [5, 5.41) is 14.6. The van der Waals surface area contributed by atoms with Gasteiger partial charge in [0.05, 0.1) is 5.92 Å². The van der Waals surface area contributed by atoms with Crippen LogP contribution in [0.5, 0.6) is 0 Å². The molecule has 6 nitrogen and oxygen atoms in total. The molecule has 3 rings (SSSR count). The van der Waals surface area contributed by atoms with Crippen LogP contribution in [0, 0.1) is 5.92 Å². The van der Waals surface area contributed by atoms with Gasteiger partial charge in [-0.25, -0.2) is 0 Å². The summed E-state index contributed by atoms with van der Waals surface area (Å²) in [4.78, 5) is 25.2. The molecule has 1 aliphatic rings. The lowest BCUT2D eigenvalue weighted by Crippen LogP contribution is -2.30. The third kappa shape index (κ3) is 3.35. The highest BCUT2D eigenvalue weighted by Gasteiger charge is 2.42. The van der Waals surface area contributed by atoms with E-state index in [-0.39, 0.29) is 18.8 Å². The molecular formula is C16H14F3N3O3. The summed E-state index contributed by atoms with van der Waals surface area (Å²) in [6, 6.07) is 9.49. The Morgan fingerprint density at radius 2 is 1.88 bits per heavy atom. The number of carboxylic acid groups (broad SMARTS) is 1. The number of nitrogens with one attached hydrogen (secondary N) is 1. The Labute approximate surface area is 140 Å². The van der Waals surface area contributed by atoms with E-state index in [1.54, 1.807) is 35.4 Å². The summed E-state index contributed by atoms with van der Waals surface area (Å²) < 4.78 is 37.9. The van der Waals surface area contributed by atoms with Crippen molar-refractivity contribution in [3.8, 4) is 0 Å². The lowest BCUT2D eigenvalue weighted by atomic mass is 9.89. The molecule has 1 fully saturated rings. The maximum Gasteiger partial charge on any atom is 0.432 e. The number of aromatic nitrogens is 2. The Morgan fingerprint density at radius 3 is 2.44 bits per heavy atom. The van der Waals surface area contributed by atoms with Crippen molar-refractivity contribution in [1.82, 2.24) is 15.1 Å². The van der Waals surface area contributed by atoms with Crippen LogP contribution in [-0.2, 0) is 11.0 Å². The summed E-state index contributed by atoms with van der Waals surface area (Å²) >= 11 is 0. The Hall–Kier alpha value is -2.84. The van der Waals surface area contributed by atoms with E-state index in [9.17, 15) is 27.9 Å². The Balaban J connectivity index is 1.82. The Kier molecular flexibility index (Phi) is 4.23. The van der Waals surface area contributed by atoms with Crippen molar-refractivity contribution in [1.29, 1.82) is 0 Å². The fourth-order valence-corrected chi connectivity index (χ4v) is 3.00.